The summed E-state index contributed by atoms with van der Waals surface area (Å²) in [6.07, 6.45) is 0. The molecule has 1 amide bonds. The van der Waals surface area contributed by atoms with Crippen molar-refractivity contribution in [2.75, 3.05) is 13.6 Å². The van der Waals surface area contributed by atoms with Crippen LogP contribution in [-0.4, -0.2) is 25.5 Å². The lowest BCUT2D eigenvalue weighted by molar-refractivity contribution is -0.119. The molecule has 4 nitrogen and oxygen atoms in total. The van der Waals surface area contributed by atoms with Gasteiger partial charge >= 0.3 is 0 Å². The zero-order valence-electron chi connectivity index (χ0n) is 4.85. The first-order valence-electron chi connectivity index (χ1n) is 2.39. The lowest BCUT2D eigenvalue weighted by Gasteiger charge is -2.06. The van der Waals surface area contributed by atoms with Crippen molar-refractivity contribution < 1.29 is 4.79 Å². The summed E-state index contributed by atoms with van der Waals surface area (Å²) in [7, 11) is 1.64. The molecule has 0 radical (unpaired) electrons. The van der Waals surface area contributed by atoms with Crippen LogP contribution in [0.2, 0.25) is 0 Å². The van der Waals surface area contributed by atoms with Gasteiger partial charge in [0, 0.05) is 6.54 Å². The fraction of sp³-hybridized carbons (Fsp3) is 0.750. The number of nitrogens with one attached hydrogen (secondary N) is 1. The van der Waals surface area contributed by atoms with Gasteiger partial charge in [-0.15, -0.1) is 0 Å². The maximum Gasteiger partial charge on any atom is 0.235 e. The summed E-state index contributed by atoms with van der Waals surface area (Å²) in [4.78, 5) is 10.2. The molecule has 4 heteroatoms. The molecule has 0 heterocycles. The first-order chi connectivity index (χ1) is 3.72. The Bertz CT molecular complexity index is 79.4. The molecule has 0 spiro atoms. The van der Waals surface area contributed by atoms with Crippen molar-refractivity contribution in [2.24, 2.45) is 11.5 Å². The van der Waals surface area contributed by atoms with Gasteiger partial charge in [-0.05, 0) is 7.05 Å². The molecule has 0 aliphatic rings. The number of amides is 1. The molecule has 0 aromatic heterocycles. The first kappa shape index (κ1) is 7.39. The maximum atomic E-state index is 10.2. The topological polar surface area (TPSA) is 81.1 Å². The minimum Gasteiger partial charge on any atom is -0.368 e. The minimum atomic E-state index is -0.407. The summed E-state index contributed by atoms with van der Waals surface area (Å²) in [5.41, 5.74) is 10.00. The van der Waals surface area contributed by atoms with Crippen LogP contribution >= 0.6 is 0 Å². The predicted octanol–water partition coefficient (Wildman–Crippen LogP) is -1.98. The highest BCUT2D eigenvalue weighted by molar-refractivity contribution is 5.79. The number of rotatable bonds is 3. The number of carbonyl (C=O) groups is 1. The van der Waals surface area contributed by atoms with Crippen LogP contribution in [0.5, 0.6) is 0 Å². The number of nitrogens with two attached hydrogens (primary N) is 2. The largest absolute Gasteiger partial charge is 0.368 e. The second-order valence-corrected chi connectivity index (χ2v) is 1.48. The Morgan fingerprint density at radius 1 is 1.88 bits per heavy atom. The van der Waals surface area contributed by atoms with Crippen molar-refractivity contribution in [1.29, 1.82) is 0 Å². The van der Waals surface area contributed by atoms with E-state index in [4.69, 9.17) is 11.5 Å². The lowest BCUT2D eigenvalue weighted by Crippen LogP contribution is -2.44. The van der Waals surface area contributed by atoms with Gasteiger partial charge in [-0.1, -0.05) is 0 Å². The van der Waals surface area contributed by atoms with Gasteiger partial charge in [-0.2, -0.15) is 0 Å². The molecule has 48 valence electrons. The minimum absolute atomic E-state index is 0.256. The number of likely N-dealkylation sites (N-methyl/N-ethyl adjacent to an activating group) is 1. The van der Waals surface area contributed by atoms with Gasteiger partial charge in [0.15, 0.2) is 0 Å². The van der Waals surface area contributed by atoms with Gasteiger partial charge in [0.2, 0.25) is 5.91 Å². The SMILES string of the molecule is CN[C@@H](CN)C(N)=O. The van der Waals surface area contributed by atoms with Crippen LogP contribution in [0.4, 0.5) is 0 Å². The summed E-state index contributed by atoms with van der Waals surface area (Å²) >= 11 is 0. The van der Waals surface area contributed by atoms with E-state index in [0.717, 1.165) is 0 Å². The van der Waals surface area contributed by atoms with Gasteiger partial charge in [0.25, 0.3) is 0 Å². The second-order valence-electron chi connectivity index (χ2n) is 1.48. The van der Waals surface area contributed by atoms with Gasteiger partial charge in [0.05, 0.1) is 6.04 Å². The Hall–Kier alpha value is -0.610. The normalized spacial score (nSPS) is 13.2. The average molecular weight is 117 g/mol. The maximum absolute atomic E-state index is 10.2. The third-order valence-corrected chi connectivity index (χ3v) is 0.928. The van der Waals surface area contributed by atoms with Crippen molar-refractivity contribution in [3.63, 3.8) is 0 Å². The Kier molecular flexibility index (Phi) is 3.14. The summed E-state index contributed by atoms with van der Waals surface area (Å²) in [6.45, 7) is 0.256. The standard InChI is InChI=1S/C4H11N3O/c1-7-3(2-5)4(6)8/h3,7H,2,5H2,1H3,(H2,6,8)/t3-/m0/s1. The molecular weight excluding hydrogens is 106 g/mol. The van der Waals surface area contributed by atoms with Crippen LogP contribution in [0.15, 0.2) is 0 Å². The smallest absolute Gasteiger partial charge is 0.235 e. The zero-order valence-corrected chi connectivity index (χ0v) is 4.85. The molecule has 0 aliphatic heterocycles. The highest BCUT2D eigenvalue weighted by Gasteiger charge is 2.07. The molecule has 8 heavy (non-hydrogen) atoms. The molecule has 0 saturated heterocycles. The van der Waals surface area contributed by atoms with E-state index in [0.29, 0.717) is 0 Å². The molecule has 0 aromatic rings. The molecule has 0 saturated carbocycles. The molecule has 0 aromatic carbocycles. The van der Waals surface area contributed by atoms with Gasteiger partial charge < -0.3 is 16.8 Å². The molecular formula is C4H11N3O. The van der Waals surface area contributed by atoms with E-state index in [-0.39, 0.29) is 12.6 Å². The molecule has 0 bridgehead atoms. The molecule has 1 atom stereocenters. The Balaban J connectivity index is 3.52. The Morgan fingerprint density at radius 2 is 2.38 bits per heavy atom. The average Bonchev–Trinajstić information content (AvgIpc) is 1.69. The van der Waals surface area contributed by atoms with E-state index in [9.17, 15) is 4.79 Å². The van der Waals surface area contributed by atoms with Crippen LogP contribution in [0, 0.1) is 0 Å². The Labute approximate surface area is 48.2 Å². The van der Waals surface area contributed by atoms with Crippen LogP contribution in [-0.2, 0) is 4.79 Å². The second kappa shape index (κ2) is 3.40. The third kappa shape index (κ3) is 1.90. The van der Waals surface area contributed by atoms with Gasteiger partial charge in [-0.25, -0.2) is 0 Å². The number of primary amides is 1. The molecule has 5 N–H and O–H groups in total. The number of carbonyl (C=O) groups excluding carboxylic acids is 1. The van der Waals surface area contributed by atoms with Crippen LogP contribution < -0.4 is 16.8 Å². The molecule has 0 unspecified atom stereocenters. The fourth-order valence-corrected chi connectivity index (χ4v) is 0.376. The van der Waals surface area contributed by atoms with Crippen molar-refractivity contribution in [1.82, 2.24) is 5.32 Å². The van der Waals surface area contributed by atoms with Crippen LogP contribution in [0.1, 0.15) is 0 Å². The monoisotopic (exact) mass is 117 g/mol. The van der Waals surface area contributed by atoms with Crippen molar-refractivity contribution in [3.05, 3.63) is 0 Å². The van der Waals surface area contributed by atoms with E-state index in [1.807, 2.05) is 0 Å². The summed E-state index contributed by atoms with van der Waals surface area (Å²) in [5, 5.41) is 2.65. The molecule has 0 fully saturated rings. The number of hydrogen-bond acceptors (Lipinski definition) is 3. The highest BCUT2D eigenvalue weighted by atomic mass is 16.1. The summed E-state index contributed by atoms with van der Waals surface area (Å²) in [6, 6.07) is -0.380. The van der Waals surface area contributed by atoms with Crippen molar-refractivity contribution >= 4 is 5.91 Å². The van der Waals surface area contributed by atoms with Gasteiger partial charge in [-0.3, -0.25) is 4.79 Å². The molecule has 0 rings (SSSR count). The molecule has 0 aliphatic carbocycles. The quantitative estimate of drug-likeness (QED) is 0.400. The van der Waals surface area contributed by atoms with E-state index in [2.05, 4.69) is 5.32 Å². The Morgan fingerprint density at radius 3 is 2.38 bits per heavy atom. The van der Waals surface area contributed by atoms with Crippen molar-refractivity contribution in [2.45, 2.75) is 6.04 Å². The van der Waals surface area contributed by atoms with Crippen molar-refractivity contribution in [3.8, 4) is 0 Å². The summed E-state index contributed by atoms with van der Waals surface area (Å²) < 4.78 is 0. The van der Waals surface area contributed by atoms with Crippen LogP contribution in [0.25, 0.3) is 0 Å². The lowest BCUT2D eigenvalue weighted by atomic mass is 10.3. The number of hydrogen-bond donors (Lipinski definition) is 3. The predicted molar refractivity (Wildman–Crippen MR) is 31.1 cm³/mol. The highest BCUT2D eigenvalue weighted by Crippen LogP contribution is 1.71. The van der Waals surface area contributed by atoms with E-state index >= 15 is 0 Å². The van der Waals surface area contributed by atoms with Crippen LogP contribution in [0.3, 0.4) is 0 Å². The first-order valence-corrected chi connectivity index (χ1v) is 2.39. The van der Waals surface area contributed by atoms with Gasteiger partial charge in [0.1, 0.15) is 0 Å². The third-order valence-electron chi connectivity index (χ3n) is 0.928. The van der Waals surface area contributed by atoms with E-state index < -0.39 is 5.91 Å². The fourth-order valence-electron chi connectivity index (χ4n) is 0.376. The zero-order chi connectivity index (χ0) is 6.57. The summed E-state index contributed by atoms with van der Waals surface area (Å²) in [5.74, 6) is -0.407. The van der Waals surface area contributed by atoms with E-state index in [1.165, 1.54) is 0 Å². The van der Waals surface area contributed by atoms with E-state index in [1.54, 1.807) is 7.05 Å².